The first kappa shape index (κ1) is 15.4. The molecule has 0 saturated carbocycles. The molecule has 4 heteroatoms. The number of halogens is 3. The van der Waals surface area contributed by atoms with Gasteiger partial charge in [-0.3, -0.25) is 0 Å². The topological polar surface area (TPSA) is 14.1 Å². The Balaban J connectivity index is 0. The lowest BCUT2D eigenvalue weighted by atomic mass is 10.2. The number of rotatable bonds is 0. The van der Waals surface area contributed by atoms with Gasteiger partial charge < -0.3 is 34.0 Å². The van der Waals surface area contributed by atoms with Crippen LogP contribution in [-0.4, -0.2) is 0 Å². The SMILES string of the molecule is Cl.[Br-].[Br-].c1ccc2[nH+]cccc2c1. The molecule has 1 heterocycles. The molecule has 0 radical (unpaired) electrons. The number of fused-ring (bicyclic) bond motifs is 1. The van der Waals surface area contributed by atoms with Gasteiger partial charge in [0.1, 0.15) is 0 Å². The molecule has 0 aliphatic rings. The van der Waals surface area contributed by atoms with Crippen molar-refractivity contribution in [1.29, 1.82) is 0 Å². The van der Waals surface area contributed by atoms with Crippen LogP contribution in [0.5, 0.6) is 0 Å². The standard InChI is InChI=1S/C9H7N.2BrH.ClH/c1-2-6-9-8(4-1)5-3-7-10-9;;;/h1-7H;3*1H/p-1. The smallest absolute Gasteiger partial charge is 0.210 e. The quantitative estimate of drug-likeness (QED) is 0.470. The van der Waals surface area contributed by atoms with E-state index in [1.807, 2.05) is 24.4 Å². The van der Waals surface area contributed by atoms with Crippen LogP contribution in [0.15, 0.2) is 42.6 Å². The largest absolute Gasteiger partial charge is 1.00 e. The number of hydrogen-bond acceptors (Lipinski definition) is 0. The molecule has 0 unspecified atom stereocenters. The second-order valence-electron chi connectivity index (χ2n) is 2.26. The summed E-state index contributed by atoms with van der Waals surface area (Å²) in [6.45, 7) is 0. The van der Waals surface area contributed by atoms with Crippen LogP contribution in [0.2, 0.25) is 0 Å². The van der Waals surface area contributed by atoms with Gasteiger partial charge in [0.05, 0.1) is 0 Å². The normalized spacial score (nSPS) is 7.69. The van der Waals surface area contributed by atoms with Crippen molar-refractivity contribution in [2.45, 2.75) is 0 Å². The fourth-order valence-electron chi connectivity index (χ4n) is 1.06. The molecular formula is C9H9Br2ClN-. The van der Waals surface area contributed by atoms with E-state index in [9.17, 15) is 0 Å². The van der Waals surface area contributed by atoms with E-state index in [0.717, 1.165) is 0 Å². The predicted molar refractivity (Wildman–Crippen MR) is 47.8 cm³/mol. The highest BCUT2D eigenvalue weighted by Crippen LogP contribution is 2.04. The van der Waals surface area contributed by atoms with Gasteiger partial charge in [0.25, 0.3) is 0 Å². The van der Waals surface area contributed by atoms with Crippen molar-refractivity contribution in [1.82, 2.24) is 0 Å². The Morgan fingerprint density at radius 1 is 0.846 bits per heavy atom. The van der Waals surface area contributed by atoms with Crippen LogP contribution in [0.25, 0.3) is 10.9 Å². The zero-order valence-electron chi connectivity index (χ0n) is 6.71. The average molecular weight is 326 g/mol. The van der Waals surface area contributed by atoms with Crippen LogP contribution in [0.4, 0.5) is 0 Å². The summed E-state index contributed by atoms with van der Waals surface area (Å²) >= 11 is 0. The van der Waals surface area contributed by atoms with Gasteiger partial charge in [-0.1, -0.05) is 12.1 Å². The summed E-state index contributed by atoms with van der Waals surface area (Å²) in [4.78, 5) is 3.15. The van der Waals surface area contributed by atoms with E-state index < -0.39 is 0 Å². The fraction of sp³-hybridized carbons (Fsp3) is 0. The Morgan fingerprint density at radius 2 is 1.46 bits per heavy atom. The van der Waals surface area contributed by atoms with E-state index in [1.165, 1.54) is 10.9 Å². The van der Waals surface area contributed by atoms with Gasteiger partial charge in [-0.25, -0.2) is 4.98 Å². The molecule has 0 bridgehead atoms. The highest BCUT2D eigenvalue weighted by molar-refractivity contribution is 5.85. The first-order valence-electron chi connectivity index (χ1n) is 3.32. The fourth-order valence-corrected chi connectivity index (χ4v) is 1.06. The van der Waals surface area contributed by atoms with E-state index in [-0.39, 0.29) is 46.4 Å². The number of para-hydroxylation sites is 1. The van der Waals surface area contributed by atoms with E-state index >= 15 is 0 Å². The molecule has 0 spiro atoms. The summed E-state index contributed by atoms with van der Waals surface area (Å²) < 4.78 is 0. The molecule has 0 atom stereocenters. The summed E-state index contributed by atoms with van der Waals surface area (Å²) in [5.74, 6) is 0. The van der Waals surface area contributed by atoms with Crippen LogP contribution in [0.1, 0.15) is 0 Å². The minimum atomic E-state index is 0. The lowest BCUT2D eigenvalue weighted by Gasteiger charge is -1.85. The van der Waals surface area contributed by atoms with Crippen molar-refractivity contribution >= 4 is 23.3 Å². The van der Waals surface area contributed by atoms with Crippen molar-refractivity contribution in [2.75, 3.05) is 0 Å². The highest BCUT2D eigenvalue weighted by Gasteiger charge is 1.92. The number of aromatic amines is 1. The zero-order valence-corrected chi connectivity index (χ0v) is 10.7. The summed E-state index contributed by atoms with van der Waals surface area (Å²) in [7, 11) is 0. The zero-order chi connectivity index (χ0) is 6.81. The minimum absolute atomic E-state index is 0. The molecule has 0 aliphatic heterocycles. The molecule has 0 aliphatic carbocycles. The predicted octanol–water partition coefficient (Wildman–Crippen LogP) is -3.92. The first-order chi connectivity index (χ1) is 4.97. The second-order valence-corrected chi connectivity index (χ2v) is 2.26. The highest BCUT2D eigenvalue weighted by atomic mass is 79.9. The molecule has 2 aromatic rings. The number of aromatic nitrogens is 1. The number of hydrogen-bond donors (Lipinski definition) is 0. The maximum Gasteiger partial charge on any atom is 0.210 e. The van der Waals surface area contributed by atoms with E-state index in [1.54, 1.807) is 0 Å². The van der Waals surface area contributed by atoms with Crippen molar-refractivity contribution in [2.24, 2.45) is 0 Å². The molecule has 1 N–H and O–H groups in total. The van der Waals surface area contributed by atoms with Gasteiger partial charge in [0.15, 0.2) is 6.20 Å². The molecule has 1 aromatic heterocycles. The summed E-state index contributed by atoms with van der Waals surface area (Å²) in [6.07, 6.45) is 1.93. The number of benzene rings is 1. The molecule has 72 valence electrons. The van der Waals surface area contributed by atoms with E-state index in [4.69, 9.17) is 0 Å². The molecule has 0 amide bonds. The Morgan fingerprint density at radius 3 is 2.15 bits per heavy atom. The molecule has 1 nitrogen and oxygen atoms in total. The third kappa shape index (κ3) is 3.63. The third-order valence-corrected chi connectivity index (χ3v) is 1.57. The molecule has 1 aromatic carbocycles. The maximum atomic E-state index is 3.15. The van der Waals surface area contributed by atoms with Crippen LogP contribution >= 0.6 is 12.4 Å². The van der Waals surface area contributed by atoms with Crippen molar-refractivity contribution in [3.63, 3.8) is 0 Å². The van der Waals surface area contributed by atoms with Crippen molar-refractivity contribution < 1.29 is 38.9 Å². The van der Waals surface area contributed by atoms with E-state index in [2.05, 4.69) is 23.2 Å². The minimum Gasteiger partial charge on any atom is -1.00 e. The first-order valence-corrected chi connectivity index (χ1v) is 3.32. The van der Waals surface area contributed by atoms with Crippen LogP contribution < -0.4 is 38.9 Å². The number of pyridine rings is 1. The van der Waals surface area contributed by atoms with Gasteiger partial charge >= 0.3 is 0 Å². The second kappa shape index (κ2) is 7.30. The third-order valence-electron chi connectivity index (χ3n) is 1.57. The maximum absolute atomic E-state index is 3.15. The monoisotopic (exact) mass is 324 g/mol. The summed E-state index contributed by atoms with van der Waals surface area (Å²) in [5.41, 5.74) is 1.19. The summed E-state index contributed by atoms with van der Waals surface area (Å²) in [6, 6.07) is 12.3. The lowest BCUT2D eigenvalue weighted by Crippen LogP contribution is -3.00. The van der Waals surface area contributed by atoms with Gasteiger partial charge in [-0.2, -0.15) is 0 Å². The van der Waals surface area contributed by atoms with Crippen LogP contribution in [-0.2, 0) is 0 Å². The van der Waals surface area contributed by atoms with Crippen LogP contribution in [0.3, 0.4) is 0 Å². The lowest BCUT2D eigenvalue weighted by molar-refractivity contribution is -0.344. The Labute approximate surface area is 105 Å². The van der Waals surface area contributed by atoms with Gasteiger partial charge in [-0.05, 0) is 12.1 Å². The van der Waals surface area contributed by atoms with E-state index in [0.29, 0.717) is 0 Å². The summed E-state index contributed by atoms with van der Waals surface area (Å²) in [5, 5.41) is 1.25. The van der Waals surface area contributed by atoms with Gasteiger partial charge in [0, 0.05) is 17.5 Å². The van der Waals surface area contributed by atoms with Crippen molar-refractivity contribution in [3.8, 4) is 0 Å². The van der Waals surface area contributed by atoms with Gasteiger partial charge in [-0.15, -0.1) is 12.4 Å². The molecular weight excluding hydrogens is 317 g/mol. The Hall–Kier alpha value is -0.120. The molecule has 0 saturated heterocycles. The van der Waals surface area contributed by atoms with Crippen molar-refractivity contribution in [3.05, 3.63) is 42.6 Å². The van der Waals surface area contributed by atoms with Crippen LogP contribution in [0, 0.1) is 0 Å². The average Bonchev–Trinajstić information content (AvgIpc) is 2.05. The molecule has 13 heavy (non-hydrogen) atoms. The Kier molecular flexibility index (Phi) is 8.62. The van der Waals surface area contributed by atoms with Gasteiger partial charge in [0.2, 0.25) is 5.52 Å². The number of nitrogens with one attached hydrogen (secondary N) is 1. The Bertz CT molecular complexity index is 289. The number of H-pyrrole nitrogens is 1. The molecule has 0 fully saturated rings. The molecule has 2 rings (SSSR count).